The van der Waals surface area contributed by atoms with Crippen LogP contribution in [0.3, 0.4) is 0 Å². The lowest BCUT2D eigenvalue weighted by atomic mass is 9.99. The molecule has 0 aliphatic heterocycles. The van der Waals surface area contributed by atoms with Crippen molar-refractivity contribution in [2.45, 2.75) is 25.9 Å². The van der Waals surface area contributed by atoms with E-state index in [1.165, 1.54) is 7.11 Å². The van der Waals surface area contributed by atoms with Crippen molar-refractivity contribution in [3.8, 4) is 28.4 Å². The lowest BCUT2D eigenvalue weighted by Gasteiger charge is -2.26. The van der Waals surface area contributed by atoms with Gasteiger partial charge in [0.2, 0.25) is 0 Å². The fraction of sp³-hybridized carbons (Fsp3) is 0.303. The Labute approximate surface area is 246 Å². The second kappa shape index (κ2) is 13.7. The molecule has 9 nitrogen and oxygen atoms in total. The summed E-state index contributed by atoms with van der Waals surface area (Å²) >= 11 is 0. The highest BCUT2D eigenvalue weighted by Crippen LogP contribution is 2.36. The van der Waals surface area contributed by atoms with Crippen molar-refractivity contribution >= 4 is 17.6 Å². The lowest BCUT2D eigenvalue weighted by Crippen LogP contribution is -2.35. The zero-order chi connectivity index (χ0) is 30.2. The number of hydrogen-bond donors (Lipinski definition) is 1. The number of ether oxygens (including phenoxy) is 4. The van der Waals surface area contributed by atoms with Gasteiger partial charge in [-0.2, -0.15) is 0 Å². The summed E-state index contributed by atoms with van der Waals surface area (Å²) in [6.45, 7) is 0.463. The molecule has 0 saturated heterocycles. The quantitative estimate of drug-likeness (QED) is 0.240. The van der Waals surface area contributed by atoms with Crippen LogP contribution in [0.2, 0.25) is 0 Å². The molecule has 3 aromatic rings. The summed E-state index contributed by atoms with van der Waals surface area (Å²) in [7, 11) is 7.71. The highest BCUT2D eigenvalue weighted by atomic mass is 16.5. The Morgan fingerprint density at radius 3 is 2.24 bits per heavy atom. The van der Waals surface area contributed by atoms with E-state index in [2.05, 4.69) is 4.99 Å². The van der Waals surface area contributed by atoms with Crippen LogP contribution in [-0.4, -0.2) is 58.0 Å². The molecule has 0 spiro atoms. The molecule has 1 fully saturated rings. The van der Waals surface area contributed by atoms with Crippen LogP contribution in [0, 0.1) is 5.92 Å². The van der Waals surface area contributed by atoms with Crippen molar-refractivity contribution in [2.75, 3.05) is 35.5 Å². The Bertz CT molecular complexity index is 1490. The molecule has 1 aliphatic rings. The van der Waals surface area contributed by atoms with Gasteiger partial charge in [-0.1, -0.05) is 30.3 Å². The molecule has 2 N–H and O–H groups in total. The predicted octanol–water partition coefficient (Wildman–Crippen LogP) is 5.02. The first kappa shape index (κ1) is 30.2. The summed E-state index contributed by atoms with van der Waals surface area (Å²) in [5.74, 6) is 1.49. The van der Waals surface area contributed by atoms with Crippen molar-refractivity contribution in [3.05, 3.63) is 89.1 Å². The summed E-state index contributed by atoms with van der Waals surface area (Å²) in [4.78, 5) is 31.9. The Hall–Kier alpha value is -4.79. The zero-order valence-electron chi connectivity index (χ0n) is 24.7. The van der Waals surface area contributed by atoms with Gasteiger partial charge >= 0.3 is 5.97 Å². The molecule has 0 aromatic heterocycles. The number of rotatable bonds is 12. The molecule has 9 heteroatoms. The normalized spacial score (nSPS) is 13.4. The number of amides is 1. The molecule has 0 unspecified atom stereocenters. The number of allylic oxidation sites excluding steroid dienone is 1. The van der Waals surface area contributed by atoms with Gasteiger partial charge in [0.1, 0.15) is 23.0 Å². The summed E-state index contributed by atoms with van der Waals surface area (Å²) in [5.41, 5.74) is 10.9. The van der Waals surface area contributed by atoms with Crippen molar-refractivity contribution < 1.29 is 28.5 Å². The van der Waals surface area contributed by atoms with E-state index in [1.54, 1.807) is 57.6 Å². The first-order chi connectivity index (χ1) is 20.3. The minimum atomic E-state index is -0.407. The minimum absolute atomic E-state index is 0.224. The Kier molecular flexibility index (Phi) is 9.85. The second-order valence-electron chi connectivity index (χ2n) is 9.93. The van der Waals surface area contributed by atoms with Gasteiger partial charge in [-0.15, -0.1) is 0 Å². The highest BCUT2D eigenvalue weighted by molar-refractivity contribution is 6.43. The van der Waals surface area contributed by atoms with E-state index in [9.17, 15) is 9.59 Å². The summed E-state index contributed by atoms with van der Waals surface area (Å²) in [6, 6.07) is 18.4. The second-order valence-corrected chi connectivity index (χ2v) is 9.93. The third kappa shape index (κ3) is 6.91. The van der Waals surface area contributed by atoms with E-state index in [1.807, 2.05) is 42.5 Å². The SMILES string of the molecule is CN=C(C=C(N)C1CC1)C(=O)N(Cc1ccc(OC)cc1OC)Cc1cccc(-c2ccc(C(=O)OC)cc2)c1OC. The molecule has 1 amide bonds. The van der Waals surface area contributed by atoms with E-state index in [4.69, 9.17) is 24.7 Å². The summed E-state index contributed by atoms with van der Waals surface area (Å²) in [5, 5.41) is 0. The molecule has 1 aliphatic carbocycles. The van der Waals surface area contributed by atoms with Gasteiger partial charge in [-0.05, 0) is 54.7 Å². The van der Waals surface area contributed by atoms with Crippen molar-refractivity contribution in [1.29, 1.82) is 0 Å². The zero-order valence-corrected chi connectivity index (χ0v) is 24.7. The molecule has 1 saturated carbocycles. The van der Waals surface area contributed by atoms with Crippen LogP contribution < -0.4 is 19.9 Å². The van der Waals surface area contributed by atoms with Crippen LogP contribution in [0.15, 0.2) is 77.4 Å². The predicted molar refractivity (Wildman–Crippen MR) is 162 cm³/mol. The molecular formula is C33H37N3O6. The van der Waals surface area contributed by atoms with Gasteiger partial charge in [0.05, 0.1) is 47.1 Å². The van der Waals surface area contributed by atoms with Gasteiger partial charge < -0.3 is 29.6 Å². The van der Waals surface area contributed by atoms with Gasteiger partial charge in [0, 0.05) is 35.5 Å². The number of benzene rings is 3. The van der Waals surface area contributed by atoms with E-state index in [-0.39, 0.29) is 24.7 Å². The molecule has 42 heavy (non-hydrogen) atoms. The number of nitrogens with two attached hydrogens (primary N) is 1. The number of hydrogen-bond acceptors (Lipinski definition) is 8. The van der Waals surface area contributed by atoms with Crippen molar-refractivity contribution in [1.82, 2.24) is 4.90 Å². The Morgan fingerprint density at radius 2 is 1.64 bits per heavy atom. The Balaban J connectivity index is 1.73. The number of aliphatic imine (C=N–C) groups is 1. The number of esters is 1. The van der Waals surface area contributed by atoms with E-state index in [0.29, 0.717) is 34.4 Å². The first-order valence-electron chi connectivity index (χ1n) is 13.6. The van der Waals surface area contributed by atoms with Crippen LogP contribution in [0.5, 0.6) is 17.2 Å². The van der Waals surface area contributed by atoms with Gasteiger partial charge in [0.15, 0.2) is 0 Å². The van der Waals surface area contributed by atoms with Crippen LogP contribution in [0.1, 0.15) is 34.3 Å². The largest absolute Gasteiger partial charge is 0.497 e. The van der Waals surface area contributed by atoms with E-state index in [0.717, 1.165) is 35.1 Å². The number of methoxy groups -OCH3 is 4. The maximum atomic E-state index is 14.0. The molecule has 3 aromatic carbocycles. The van der Waals surface area contributed by atoms with Crippen LogP contribution >= 0.6 is 0 Å². The fourth-order valence-electron chi connectivity index (χ4n) is 4.75. The van der Waals surface area contributed by atoms with Crippen molar-refractivity contribution in [2.24, 2.45) is 16.6 Å². The van der Waals surface area contributed by atoms with Crippen LogP contribution in [-0.2, 0) is 22.6 Å². The van der Waals surface area contributed by atoms with Crippen LogP contribution in [0.4, 0.5) is 0 Å². The third-order valence-corrected chi connectivity index (χ3v) is 7.23. The highest BCUT2D eigenvalue weighted by Gasteiger charge is 2.27. The van der Waals surface area contributed by atoms with E-state index < -0.39 is 5.97 Å². The number of nitrogens with zero attached hydrogens (tertiary/aromatic N) is 2. The smallest absolute Gasteiger partial charge is 0.337 e. The van der Waals surface area contributed by atoms with Gasteiger partial charge in [-0.3, -0.25) is 9.79 Å². The van der Waals surface area contributed by atoms with Gasteiger partial charge in [-0.25, -0.2) is 4.79 Å². The standard InChI is InChI=1S/C33H37N3O6/c1-35-29(18-28(34)22-11-12-22)32(37)36(19-24-15-16-26(39-2)17-30(24)40-3)20-25-7-6-8-27(31(25)41-4)21-9-13-23(14-10-21)33(38)42-5/h6-10,13-18,22H,11-12,19-20,34H2,1-5H3. The average Bonchev–Trinajstić information content (AvgIpc) is 3.88. The molecule has 0 heterocycles. The monoisotopic (exact) mass is 571 g/mol. The average molecular weight is 572 g/mol. The lowest BCUT2D eigenvalue weighted by molar-refractivity contribution is -0.125. The fourth-order valence-corrected chi connectivity index (χ4v) is 4.75. The van der Waals surface area contributed by atoms with Crippen molar-refractivity contribution in [3.63, 3.8) is 0 Å². The van der Waals surface area contributed by atoms with Gasteiger partial charge in [0.25, 0.3) is 5.91 Å². The minimum Gasteiger partial charge on any atom is -0.497 e. The molecule has 0 bridgehead atoms. The maximum absolute atomic E-state index is 14.0. The molecular weight excluding hydrogens is 534 g/mol. The molecule has 0 radical (unpaired) electrons. The Morgan fingerprint density at radius 1 is 0.929 bits per heavy atom. The number of para-hydroxylation sites is 1. The topological polar surface area (TPSA) is 113 Å². The molecule has 0 atom stereocenters. The summed E-state index contributed by atoms with van der Waals surface area (Å²) in [6.07, 6.45) is 3.73. The summed E-state index contributed by atoms with van der Waals surface area (Å²) < 4.78 is 21.7. The van der Waals surface area contributed by atoms with Crippen LogP contribution in [0.25, 0.3) is 11.1 Å². The number of carbonyl (C=O) groups is 2. The first-order valence-corrected chi connectivity index (χ1v) is 13.6. The molecule has 220 valence electrons. The maximum Gasteiger partial charge on any atom is 0.337 e. The third-order valence-electron chi connectivity index (χ3n) is 7.23. The van der Waals surface area contributed by atoms with E-state index >= 15 is 0 Å². The molecule has 4 rings (SSSR count). The number of carbonyl (C=O) groups excluding carboxylic acids is 2.